The lowest BCUT2D eigenvalue weighted by Gasteiger charge is -2.15. The highest BCUT2D eigenvalue weighted by molar-refractivity contribution is 6.31. The zero-order chi connectivity index (χ0) is 15.6. The van der Waals surface area contributed by atoms with Crippen LogP contribution in [0.5, 0.6) is 0 Å². The first kappa shape index (κ1) is 15.6. The Bertz CT molecular complexity index is 675. The minimum Gasteiger partial charge on any atom is -0.464 e. The SMILES string of the molecule is CC(C)COC(=O)C(C)n1cc(C=O)c2cc(Cl)ccc21. The number of fused-ring (bicyclic) bond motifs is 1. The molecule has 5 heteroatoms. The lowest BCUT2D eigenvalue weighted by Crippen LogP contribution is -2.20. The molecule has 1 aromatic carbocycles. The fourth-order valence-electron chi connectivity index (χ4n) is 2.15. The lowest BCUT2D eigenvalue weighted by atomic mass is 10.2. The molecule has 1 aromatic heterocycles. The second-order valence-electron chi connectivity index (χ2n) is 5.47. The van der Waals surface area contributed by atoms with Crippen LogP contribution in [0.3, 0.4) is 0 Å². The zero-order valence-electron chi connectivity index (χ0n) is 12.3. The summed E-state index contributed by atoms with van der Waals surface area (Å²) in [6.07, 6.45) is 2.43. The second kappa shape index (κ2) is 6.31. The van der Waals surface area contributed by atoms with E-state index in [-0.39, 0.29) is 11.9 Å². The summed E-state index contributed by atoms with van der Waals surface area (Å²) in [6.45, 7) is 6.10. The average Bonchev–Trinajstić information content (AvgIpc) is 2.81. The van der Waals surface area contributed by atoms with Crippen LogP contribution in [0.25, 0.3) is 10.9 Å². The van der Waals surface area contributed by atoms with Crippen LogP contribution in [0, 0.1) is 5.92 Å². The minimum atomic E-state index is -0.499. The molecule has 2 aromatic rings. The van der Waals surface area contributed by atoms with Crippen molar-refractivity contribution in [2.24, 2.45) is 5.92 Å². The summed E-state index contributed by atoms with van der Waals surface area (Å²) in [7, 11) is 0. The van der Waals surface area contributed by atoms with Gasteiger partial charge < -0.3 is 9.30 Å². The van der Waals surface area contributed by atoms with Crippen LogP contribution in [0.1, 0.15) is 37.2 Å². The van der Waals surface area contributed by atoms with Gasteiger partial charge in [-0.25, -0.2) is 4.79 Å². The molecule has 0 fully saturated rings. The maximum absolute atomic E-state index is 12.1. The second-order valence-corrected chi connectivity index (χ2v) is 5.91. The van der Waals surface area contributed by atoms with Crippen molar-refractivity contribution in [2.45, 2.75) is 26.8 Å². The first-order valence-corrected chi connectivity index (χ1v) is 7.23. The summed E-state index contributed by atoms with van der Waals surface area (Å²) in [5.74, 6) is -0.0279. The van der Waals surface area contributed by atoms with Crippen LogP contribution < -0.4 is 0 Å². The Balaban J connectivity index is 2.37. The van der Waals surface area contributed by atoms with E-state index < -0.39 is 6.04 Å². The molecule has 0 N–H and O–H groups in total. The largest absolute Gasteiger partial charge is 0.464 e. The Hall–Kier alpha value is -1.81. The third kappa shape index (κ3) is 3.27. The molecule has 2 rings (SSSR count). The number of carbonyl (C=O) groups excluding carboxylic acids is 2. The summed E-state index contributed by atoms with van der Waals surface area (Å²) in [5.41, 5.74) is 1.30. The summed E-state index contributed by atoms with van der Waals surface area (Å²) in [4.78, 5) is 23.3. The molecule has 0 amide bonds. The topological polar surface area (TPSA) is 48.3 Å². The zero-order valence-corrected chi connectivity index (χ0v) is 13.1. The lowest BCUT2D eigenvalue weighted by molar-refractivity contribution is -0.148. The number of nitrogens with zero attached hydrogens (tertiary/aromatic N) is 1. The van der Waals surface area contributed by atoms with Gasteiger partial charge in [-0.1, -0.05) is 25.4 Å². The third-order valence-corrected chi connectivity index (χ3v) is 3.51. The van der Waals surface area contributed by atoms with E-state index in [1.54, 1.807) is 35.9 Å². The number of halogens is 1. The number of hydrogen-bond donors (Lipinski definition) is 0. The van der Waals surface area contributed by atoms with Crippen molar-refractivity contribution in [3.05, 3.63) is 35.0 Å². The number of aldehydes is 1. The molecule has 0 bridgehead atoms. The highest BCUT2D eigenvalue weighted by atomic mass is 35.5. The summed E-state index contributed by atoms with van der Waals surface area (Å²) >= 11 is 5.97. The van der Waals surface area contributed by atoms with Gasteiger partial charge in [0.25, 0.3) is 0 Å². The molecule has 0 radical (unpaired) electrons. The van der Waals surface area contributed by atoms with Gasteiger partial charge in [0, 0.05) is 27.7 Å². The first-order valence-electron chi connectivity index (χ1n) is 6.86. The predicted molar refractivity (Wildman–Crippen MR) is 82.8 cm³/mol. The quantitative estimate of drug-likeness (QED) is 0.622. The number of benzene rings is 1. The molecule has 0 aliphatic rings. The van der Waals surface area contributed by atoms with Gasteiger partial charge in [-0.05, 0) is 31.0 Å². The van der Waals surface area contributed by atoms with E-state index in [0.717, 1.165) is 17.2 Å². The molecular weight excluding hydrogens is 290 g/mol. The van der Waals surface area contributed by atoms with E-state index in [1.807, 2.05) is 13.8 Å². The van der Waals surface area contributed by atoms with Gasteiger partial charge in [-0.2, -0.15) is 0 Å². The van der Waals surface area contributed by atoms with Gasteiger partial charge in [0.05, 0.1) is 6.61 Å². The average molecular weight is 308 g/mol. The van der Waals surface area contributed by atoms with Crippen molar-refractivity contribution in [2.75, 3.05) is 6.61 Å². The van der Waals surface area contributed by atoms with Gasteiger partial charge in [0.15, 0.2) is 6.29 Å². The van der Waals surface area contributed by atoms with E-state index in [9.17, 15) is 9.59 Å². The summed E-state index contributed by atoms with van der Waals surface area (Å²) in [5, 5.41) is 1.29. The number of ether oxygens (including phenoxy) is 1. The number of carbonyl (C=O) groups is 2. The Kier molecular flexibility index (Phi) is 4.68. The number of aromatic nitrogens is 1. The maximum Gasteiger partial charge on any atom is 0.328 e. The summed E-state index contributed by atoms with van der Waals surface area (Å²) in [6, 6.07) is 4.77. The van der Waals surface area contributed by atoms with Crippen LogP contribution in [-0.2, 0) is 9.53 Å². The van der Waals surface area contributed by atoms with Crippen molar-refractivity contribution in [1.29, 1.82) is 0 Å². The number of rotatable bonds is 5. The van der Waals surface area contributed by atoms with Gasteiger partial charge in [0.1, 0.15) is 6.04 Å². The predicted octanol–water partition coefficient (Wildman–Crippen LogP) is 3.87. The molecule has 0 spiro atoms. The molecule has 0 saturated carbocycles. The smallest absolute Gasteiger partial charge is 0.328 e. The van der Waals surface area contributed by atoms with E-state index >= 15 is 0 Å². The number of hydrogen-bond acceptors (Lipinski definition) is 3. The van der Waals surface area contributed by atoms with E-state index in [4.69, 9.17) is 16.3 Å². The van der Waals surface area contributed by atoms with Crippen molar-refractivity contribution < 1.29 is 14.3 Å². The van der Waals surface area contributed by atoms with Gasteiger partial charge >= 0.3 is 5.97 Å². The summed E-state index contributed by atoms with van der Waals surface area (Å²) < 4.78 is 7.01. The first-order chi connectivity index (χ1) is 9.93. The maximum atomic E-state index is 12.1. The van der Waals surface area contributed by atoms with Crippen LogP contribution in [0.15, 0.2) is 24.4 Å². The Morgan fingerprint density at radius 3 is 2.71 bits per heavy atom. The van der Waals surface area contributed by atoms with Crippen molar-refractivity contribution >= 4 is 34.8 Å². The molecular formula is C16H18ClNO3. The van der Waals surface area contributed by atoms with Crippen LogP contribution in [0.2, 0.25) is 5.02 Å². The van der Waals surface area contributed by atoms with Crippen LogP contribution in [-0.4, -0.2) is 23.4 Å². The van der Waals surface area contributed by atoms with Gasteiger partial charge in [-0.15, -0.1) is 0 Å². The van der Waals surface area contributed by atoms with E-state index in [2.05, 4.69) is 0 Å². The molecule has 0 saturated heterocycles. The van der Waals surface area contributed by atoms with E-state index in [1.165, 1.54) is 0 Å². The van der Waals surface area contributed by atoms with Gasteiger partial charge in [0.2, 0.25) is 0 Å². The van der Waals surface area contributed by atoms with Crippen molar-refractivity contribution in [3.63, 3.8) is 0 Å². The normalized spacial score (nSPS) is 12.6. The Labute approximate surface area is 128 Å². The minimum absolute atomic E-state index is 0.284. The van der Waals surface area contributed by atoms with E-state index in [0.29, 0.717) is 17.2 Å². The molecule has 21 heavy (non-hydrogen) atoms. The fourth-order valence-corrected chi connectivity index (χ4v) is 2.32. The highest BCUT2D eigenvalue weighted by Crippen LogP contribution is 2.27. The monoisotopic (exact) mass is 307 g/mol. The molecule has 4 nitrogen and oxygen atoms in total. The Morgan fingerprint density at radius 1 is 1.38 bits per heavy atom. The van der Waals surface area contributed by atoms with Crippen LogP contribution >= 0.6 is 11.6 Å². The Morgan fingerprint density at radius 2 is 2.10 bits per heavy atom. The van der Waals surface area contributed by atoms with Crippen LogP contribution in [0.4, 0.5) is 0 Å². The molecule has 1 heterocycles. The van der Waals surface area contributed by atoms with Crippen molar-refractivity contribution in [1.82, 2.24) is 4.57 Å². The molecule has 1 unspecified atom stereocenters. The highest BCUT2D eigenvalue weighted by Gasteiger charge is 2.20. The van der Waals surface area contributed by atoms with Crippen molar-refractivity contribution in [3.8, 4) is 0 Å². The molecule has 112 valence electrons. The molecule has 0 aliphatic carbocycles. The molecule has 0 aliphatic heterocycles. The van der Waals surface area contributed by atoms with Gasteiger partial charge in [-0.3, -0.25) is 4.79 Å². The fraction of sp³-hybridized carbons (Fsp3) is 0.375. The third-order valence-electron chi connectivity index (χ3n) is 3.27. The number of esters is 1. The standard InChI is InChI=1S/C16H18ClNO3/c1-10(2)9-21-16(20)11(3)18-7-12(8-19)14-6-13(17)4-5-15(14)18/h4-8,10-11H,9H2,1-3H3. The molecule has 1 atom stereocenters.